The van der Waals surface area contributed by atoms with E-state index >= 15 is 0 Å². The zero-order chi connectivity index (χ0) is 22.5. The number of anilines is 1. The maximum atomic E-state index is 13.1. The number of urea groups is 1. The molecule has 1 aliphatic rings. The Hall–Kier alpha value is -3.03. The van der Waals surface area contributed by atoms with Gasteiger partial charge in [-0.1, -0.05) is 36.2 Å². The van der Waals surface area contributed by atoms with Crippen molar-refractivity contribution in [1.29, 1.82) is 0 Å². The number of carbonyl (C=O) groups is 3. The molecular weight excluding hydrogens is 443 g/mol. The standard InChI is InChI=1S/C22H20Cl2N2O5/c1-3-10-31-18-9-8-13(11-19(18)30-4-2)26-21(28)15(20(27)25-22(26)29)12-14-16(23)6-5-7-17(14)24/h5-9,11-12H,3-4,10H2,1-2H3,(H,25,27,29)/b15-12+. The molecule has 1 N–H and O–H groups in total. The van der Waals surface area contributed by atoms with E-state index in [9.17, 15) is 14.4 Å². The molecule has 31 heavy (non-hydrogen) atoms. The van der Waals surface area contributed by atoms with Crippen molar-refractivity contribution in [3.8, 4) is 11.5 Å². The van der Waals surface area contributed by atoms with E-state index in [2.05, 4.69) is 5.32 Å². The second kappa shape index (κ2) is 9.85. The van der Waals surface area contributed by atoms with Crippen LogP contribution in [-0.2, 0) is 9.59 Å². The van der Waals surface area contributed by atoms with Crippen LogP contribution in [0.2, 0.25) is 10.0 Å². The van der Waals surface area contributed by atoms with Crippen LogP contribution >= 0.6 is 23.2 Å². The summed E-state index contributed by atoms with van der Waals surface area (Å²) in [6, 6.07) is 8.60. The number of nitrogens with zero attached hydrogens (tertiary/aromatic N) is 1. The number of nitrogens with one attached hydrogen (secondary N) is 1. The largest absolute Gasteiger partial charge is 0.490 e. The minimum Gasteiger partial charge on any atom is -0.490 e. The second-order valence-corrected chi connectivity index (χ2v) is 7.32. The fourth-order valence-corrected chi connectivity index (χ4v) is 3.43. The van der Waals surface area contributed by atoms with Gasteiger partial charge in [0.05, 0.1) is 18.9 Å². The molecule has 7 nitrogen and oxygen atoms in total. The molecular formula is C22H20Cl2N2O5. The molecule has 1 fully saturated rings. The predicted molar refractivity (Wildman–Crippen MR) is 119 cm³/mol. The molecule has 0 atom stereocenters. The van der Waals surface area contributed by atoms with Gasteiger partial charge in [-0.25, -0.2) is 9.69 Å². The van der Waals surface area contributed by atoms with Crippen LogP contribution in [0.5, 0.6) is 11.5 Å². The maximum absolute atomic E-state index is 13.1. The van der Waals surface area contributed by atoms with Gasteiger partial charge in [-0.05, 0) is 43.7 Å². The summed E-state index contributed by atoms with van der Waals surface area (Å²) in [6.07, 6.45) is 2.07. The highest BCUT2D eigenvalue weighted by Gasteiger charge is 2.37. The number of amides is 4. The average Bonchev–Trinajstić information content (AvgIpc) is 2.72. The van der Waals surface area contributed by atoms with E-state index in [1.165, 1.54) is 12.1 Å². The molecule has 0 saturated carbocycles. The quantitative estimate of drug-likeness (QED) is 0.469. The normalized spacial score (nSPS) is 15.3. The van der Waals surface area contributed by atoms with Gasteiger partial charge in [-0.3, -0.25) is 14.9 Å². The first-order valence-electron chi connectivity index (χ1n) is 9.62. The third kappa shape index (κ3) is 4.84. The number of ether oxygens (including phenoxy) is 2. The predicted octanol–water partition coefficient (Wildman–Crippen LogP) is 4.85. The maximum Gasteiger partial charge on any atom is 0.335 e. The lowest BCUT2D eigenvalue weighted by Gasteiger charge is -2.27. The van der Waals surface area contributed by atoms with Gasteiger partial charge >= 0.3 is 6.03 Å². The number of barbiturate groups is 1. The molecule has 3 rings (SSSR count). The average molecular weight is 463 g/mol. The molecule has 2 aromatic rings. The van der Waals surface area contributed by atoms with Gasteiger partial charge in [0.1, 0.15) is 5.57 Å². The summed E-state index contributed by atoms with van der Waals surface area (Å²) in [4.78, 5) is 38.8. The monoisotopic (exact) mass is 462 g/mol. The molecule has 0 spiro atoms. The number of carbonyl (C=O) groups excluding carboxylic acids is 3. The summed E-state index contributed by atoms with van der Waals surface area (Å²) >= 11 is 12.3. The Morgan fingerprint density at radius 3 is 2.35 bits per heavy atom. The number of imide groups is 2. The Bertz CT molecular complexity index is 1050. The summed E-state index contributed by atoms with van der Waals surface area (Å²) in [5.41, 5.74) is 0.245. The van der Waals surface area contributed by atoms with Crippen molar-refractivity contribution in [2.24, 2.45) is 0 Å². The van der Waals surface area contributed by atoms with Crippen LogP contribution < -0.4 is 19.7 Å². The van der Waals surface area contributed by atoms with E-state index in [1.54, 1.807) is 30.3 Å². The van der Waals surface area contributed by atoms with E-state index in [1.807, 2.05) is 13.8 Å². The molecule has 0 aliphatic carbocycles. The first-order chi connectivity index (χ1) is 14.9. The molecule has 2 aromatic carbocycles. The molecule has 0 unspecified atom stereocenters. The summed E-state index contributed by atoms with van der Waals surface area (Å²) in [5.74, 6) is -0.776. The van der Waals surface area contributed by atoms with Gasteiger partial charge in [-0.2, -0.15) is 0 Å². The highest BCUT2D eigenvalue weighted by molar-refractivity contribution is 6.41. The first-order valence-corrected chi connectivity index (χ1v) is 10.4. The van der Waals surface area contributed by atoms with Crippen molar-refractivity contribution < 1.29 is 23.9 Å². The van der Waals surface area contributed by atoms with E-state index in [0.717, 1.165) is 11.3 Å². The fraction of sp³-hybridized carbons (Fsp3) is 0.227. The van der Waals surface area contributed by atoms with Crippen molar-refractivity contribution in [3.05, 3.63) is 57.6 Å². The van der Waals surface area contributed by atoms with Crippen LogP contribution in [0.25, 0.3) is 6.08 Å². The molecule has 1 heterocycles. The Morgan fingerprint density at radius 1 is 1.00 bits per heavy atom. The zero-order valence-corrected chi connectivity index (χ0v) is 18.4. The first kappa shape index (κ1) is 22.7. The number of benzene rings is 2. The van der Waals surface area contributed by atoms with E-state index in [4.69, 9.17) is 32.7 Å². The minimum absolute atomic E-state index is 0.221. The summed E-state index contributed by atoms with van der Waals surface area (Å²) in [6.45, 7) is 4.63. The molecule has 4 amide bonds. The zero-order valence-electron chi connectivity index (χ0n) is 16.9. The smallest absolute Gasteiger partial charge is 0.335 e. The number of halogens is 2. The Labute approximate surface area is 189 Å². The summed E-state index contributed by atoms with van der Waals surface area (Å²) in [7, 11) is 0. The number of rotatable bonds is 7. The third-order valence-electron chi connectivity index (χ3n) is 4.34. The SMILES string of the molecule is CCCOc1ccc(N2C(=O)NC(=O)/C(=C\c3c(Cl)cccc3Cl)C2=O)cc1OCC. The Morgan fingerprint density at radius 2 is 1.71 bits per heavy atom. The highest BCUT2D eigenvalue weighted by atomic mass is 35.5. The van der Waals surface area contributed by atoms with E-state index < -0.39 is 17.8 Å². The van der Waals surface area contributed by atoms with Crippen molar-refractivity contribution in [3.63, 3.8) is 0 Å². The molecule has 0 aromatic heterocycles. The fourth-order valence-electron chi connectivity index (χ4n) is 2.92. The van der Waals surface area contributed by atoms with E-state index in [-0.39, 0.29) is 21.3 Å². The molecule has 162 valence electrons. The number of hydrogen-bond acceptors (Lipinski definition) is 5. The van der Waals surface area contributed by atoms with Crippen LogP contribution in [0.4, 0.5) is 10.5 Å². The molecule has 0 bridgehead atoms. The van der Waals surface area contributed by atoms with Crippen molar-refractivity contribution in [1.82, 2.24) is 5.32 Å². The lowest BCUT2D eigenvalue weighted by molar-refractivity contribution is -0.122. The van der Waals surface area contributed by atoms with Crippen LogP contribution in [-0.4, -0.2) is 31.1 Å². The highest BCUT2D eigenvalue weighted by Crippen LogP contribution is 2.34. The summed E-state index contributed by atoms with van der Waals surface area (Å²) < 4.78 is 11.3. The topological polar surface area (TPSA) is 84.9 Å². The van der Waals surface area contributed by atoms with Crippen LogP contribution in [0.15, 0.2) is 42.0 Å². The molecule has 1 saturated heterocycles. The van der Waals surface area contributed by atoms with Gasteiger partial charge < -0.3 is 9.47 Å². The van der Waals surface area contributed by atoms with Gasteiger partial charge in [0.15, 0.2) is 11.5 Å². The Kier molecular flexibility index (Phi) is 7.20. The van der Waals surface area contributed by atoms with E-state index in [0.29, 0.717) is 30.3 Å². The molecule has 1 aliphatic heterocycles. The van der Waals surface area contributed by atoms with Crippen LogP contribution in [0.3, 0.4) is 0 Å². The molecule has 0 radical (unpaired) electrons. The lowest BCUT2D eigenvalue weighted by Crippen LogP contribution is -2.54. The molecule has 9 heteroatoms. The minimum atomic E-state index is -0.873. The van der Waals surface area contributed by atoms with Gasteiger partial charge in [0.2, 0.25) is 0 Å². The van der Waals surface area contributed by atoms with Gasteiger partial charge in [0, 0.05) is 21.7 Å². The van der Waals surface area contributed by atoms with Crippen LogP contribution in [0, 0.1) is 0 Å². The van der Waals surface area contributed by atoms with Crippen molar-refractivity contribution in [2.75, 3.05) is 18.1 Å². The summed E-state index contributed by atoms with van der Waals surface area (Å²) in [5, 5.41) is 2.70. The van der Waals surface area contributed by atoms with Gasteiger partial charge in [0.25, 0.3) is 11.8 Å². The van der Waals surface area contributed by atoms with Crippen molar-refractivity contribution >= 4 is 52.8 Å². The van der Waals surface area contributed by atoms with Crippen LogP contribution in [0.1, 0.15) is 25.8 Å². The van der Waals surface area contributed by atoms with Crippen molar-refractivity contribution in [2.45, 2.75) is 20.3 Å². The lowest BCUT2D eigenvalue weighted by atomic mass is 10.1. The Balaban J connectivity index is 2.02. The second-order valence-electron chi connectivity index (χ2n) is 6.51. The number of hydrogen-bond donors (Lipinski definition) is 1. The van der Waals surface area contributed by atoms with Gasteiger partial charge in [-0.15, -0.1) is 0 Å². The third-order valence-corrected chi connectivity index (χ3v) is 5.00.